The number of hydrogen-bond donors (Lipinski definition) is 1. The van der Waals surface area contributed by atoms with Gasteiger partial charge in [0.05, 0.1) is 0 Å². The van der Waals surface area contributed by atoms with E-state index < -0.39 is 0 Å². The quantitative estimate of drug-likeness (QED) is 0.799. The molecule has 2 aromatic heterocycles. The molecular formula is C12H15N3. The van der Waals surface area contributed by atoms with Crippen LogP contribution >= 0.6 is 0 Å². The monoisotopic (exact) mass is 201 g/mol. The third-order valence-electron chi connectivity index (χ3n) is 3.17. The number of pyridine rings is 1. The summed E-state index contributed by atoms with van der Waals surface area (Å²) in [5.41, 5.74) is 2.44. The van der Waals surface area contributed by atoms with Crippen LogP contribution in [0.4, 0.5) is 0 Å². The van der Waals surface area contributed by atoms with Gasteiger partial charge in [-0.2, -0.15) is 0 Å². The first-order valence-electron chi connectivity index (χ1n) is 5.46. The van der Waals surface area contributed by atoms with E-state index in [1.807, 2.05) is 12.3 Å². The van der Waals surface area contributed by atoms with Crippen LogP contribution in [0.3, 0.4) is 0 Å². The largest absolute Gasteiger partial charge is 0.330 e. The molecular weight excluding hydrogens is 186 g/mol. The Morgan fingerprint density at radius 3 is 3.13 bits per heavy atom. The molecule has 0 saturated carbocycles. The second kappa shape index (κ2) is 3.35. The molecule has 1 aliphatic rings. The van der Waals surface area contributed by atoms with Crippen molar-refractivity contribution in [1.29, 1.82) is 0 Å². The highest BCUT2D eigenvalue weighted by Gasteiger charge is 2.18. The van der Waals surface area contributed by atoms with E-state index in [9.17, 15) is 0 Å². The summed E-state index contributed by atoms with van der Waals surface area (Å²) in [7, 11) is 0. The van der Waals surface area contributed by atoms with Gasteiger partial charge in [-0.15, -0.1) is 0 Å². The van der Waals surface area contributed by atoms with Gasteiger partial charge >= 0.3 is 0 Å². The van der Waals surface area contributed by atoms with E-state index in [2.05, 4.69) is 33.9 Å². The standard InChI is InChI=1S/C12H15N3/c1-9-5-11-3-2-4-14-12(11)15(9)8-10-6-13-7-10/h2-5,10,13H,6-8H2,1H3. The maximum absolute atomic E-state index is 4.46. The van der Waals surface area contributed by atoms with Gasteiger partial charge in [0, 0.05) is 42.8 Å². The van der Waals surface area contributed by atoms with Crippen LogP contribution in [0.5, 0.6) is 0 Å². The van der Waals surface area contributed by atoms with E-state index in [4.69, 9.17) is 0 Å². The molecule has 0 amide bonds. The van der Waals surface area contributed by atoms with Gasteiger partial charge in [0.1, 0.15) is 5.65 Å². The van der Waals surface area contributed by atoms with E-state index in [0.717, 1.165) is 31.2 Å². The van der Waals surface area contributed by atoms with Crippen LogP contribution in [0.2, 0.25) is 0 Å². The van der Waals surface area contributed by atoms with E-state index in [1.54, 1.807) is 0 Å². The van der Waals surface area contributed by atoms with Gasteiger partial charge in [-0.3, -0.25) is 0 Å². The summed E-state index contributed by atoms with van der Waals surface area (Å²) in [6.45, 7) is 5.55. The third kappa shape index (κ3) is 1.43. The van der Waals surface area contributed by atoms with Gasteiger partial charge < -0.3 is 9.88 Å². The molecule has 1 saturated heterocycles. The molecule has 0 spiro atoms. The lowest BCUT2D eigenvalue weighted by Crippen LogP contribution is -2.44. The zero-order chi connectivity index (χ0) is 10.3. The molecule has 1 aliphatic heterocycles. The van der Waals surface area contributed by atoms with Crippen molar-refractivity contribution < 1.29 is 0 Å². The lowest BCUT2D eigenvalue weighted by Gasteiger charge is -2.28. The zero-order valence-corrected chi connectivity index (χ0v) is 8.90. The van der Waals surface area contributed by atoms with Crippen LogP contribution in [0.25, 0.3) is 11.0 Å². The molecule has 0 radical (unpaired) electrons. The summed E-state index contributed by atoms with van der Waals surface area (Å²) in [5, 5.41) is 4.56. The fourth-order valence-corrected chi connectivity index (χ4v) is 2.18. The number of aryl methyl sites for hydroxylation is 1. The SMILES string of the molecule is Cc1cc2cccnc2n1CC1CNC1. The molecule has 3 rings (SSSR count). The molecule has 78 valence electrons. The molecule has 3 heterocycles. The van der Waals surface area contributed by atoms with Crippen LogP contribution in [0, 0.1) is 12.8 Å². The second-order valence-electron chi connectivity index (χ2n) is 4.34. The number of aromatic nitrogens is 2. The van der Waals surface area contributed by atoms with Crippen molar-refractivity contribution in [3.63, 3.8) is 0 Å². The number of hydrogen-bond acceptors (Lipinski definition) is 2. The van der Waals surface area contributed by atoms with Crippen LogP contribution < -0.4 is 5.32 Å². The predicted octanol–water partition coefficient (Wildman–Crippen LogP) is 1.56. The first-order chi connectivity index (χ1) is 7.34. The summed E-state index contributed by atoms with van der Waals surface area (Å²) in [4.78, 5) is 4.46. The maximum atomic E-state index is 4.46. The molecule has 0 aromatic carbocycles. The summed E-state index contributed by atoms with van der Waals surface area (Å²) >= 11 is 0. The summed E-state index contributed by atoms with van der Waals surface area (Å²) < 4.78 is 2.33. The van der Waals surface area contributed by atoms with Gasteiger partial charge in [-0.25, -0.2) is 4.98 Å². The first kappa shape index (κ1) is 8.92. The molecule has 2 aromatic rings. The van der Waals surface area contributed by atoms with Crippen molar-refractivity contribution in [3.05, 3.63) is 30.1 Å². The summed E-state index contributed by atoms with van der Waals surface area (Å²) in [6, 6.07) is 6.34. The van der Waals surface area contributed by atoms with Crippen molar-refractivity contribution in [3.8, 4) is 0 Å². The van der Waals surface area contributed by atoms with Gasteiger partial charge in [0.25, 0.3) is 0 Å². The maximum Gasteiger partial charge on any atom is 0.140 e. The number of nitrogens with one attached hydrogen (secondary N) is 1. The molecule has 3 heteroatoms. The summed E-state index contributed by atoms with van der Waals surface area (Å²) in [5.74, 6) is 0.779. The highest BCUT2D eigenvalue weighted by molar-refractivity contribution is 5.77. The van der Waals surface area contributed by atoms with Crippen molar-refractivity contribution in [2.75, 3.05) is 13.1 Å². The Kier molecular flexibility index (Phi) is 1.99. The first-order valence-corrected chi connectivity index (χ1v) is 5.46. The molecule has 3 nitrogen and oxygen atoms in total. The van der Waals surface area contributed by atoms with Gasteiger partial charge in [-0.1, -0.05) is 0 Å². The second-order valence-corrected chi connectivity index (χ2v) is 4.34. The van der Waals surface area contributed by atoms with Gasteiger partial charge in [-0.05, 0) is 25.1 Å². The lowest BCUT2D eigenvalue weighted by molar-refractivity contribution is 0.308. The summed E-state index contributed by atoms with van der Waals surface area (Å²) in [6.07, 6.45) is 1.87. The Balaban J connectivity index is 2.03. The van der Waals surface area contributed by atoms with Gasteiger partial charge in [0.15, 0.2) is 0 Å². The Morgan fingerprint density at radius 1 is 1.53 bits per heavy atom. The van der Waals surface area contributed by atoms with Crippen LogP contribution in [0.15, 0.2) is 24.4 Å². The smallest absolute Gasteiger partial charge is 0.140 e. The average Bonchev–Trinajstić information content (AvgIpc) is 2.48. The molecule has 0 bridgehead atoms. The van der Waals surface area contributed by atoms with E-state index >= 15 is 0 Å². The molecule has 0 aliphatic carbocycles. The molecule has 15 heavy (non-hydrogen) atoms. The van der Waals surface area contributed by atoms with Crippen molar-refractivity contribution in [2.24, 2.45) is 5.92 Å². The lowest BCUT2D eigenvalue weighted by atomic mass is 10.0. The van der Waals surface area contributed by atoms with Crippen molar-refractivity contribution >= 4 is 11.0 Å². The zero-order valence-electron chi connectivity index (χ0n) is 8.90. The minimum atomic E-state index is 0.779. The number of nitrogens with zero attached hydrogens (tertiary/aromatic N) is 2. The van der Waals surface area contributed by atoms with E-state index in [1.165, 1.54) is 11.1 Å². The Labute approximate surface area is 89.1 Å². The Morgan fingerprint density at radius 2 is 2.40 bits per heavy atom. The van der Waals surface area contributed by atoms with Crippen LogP contribution in [-0.2, 0) is 6.54 Å². The van der Waals surface area contributed by atoms with Crippen LogP contribution in [-0.4, -0.2) is 22.6 Å². The molecule has 0 unspecified atom stereocenters. The van der Waals surface area contributed by atoms with Crippen LogP contribution in [0.1, 0.15) is 5.69 Å². The highest BCUT2D eigenvalue weighted by Crippen LogP contribution is 2.19. The number of rotatable bonds is 2. The Hall–Kier alpha value is -1.35. The molecule has 1 N–H and O–H groups in total. The number of fused-ring (bicyclic) bond motifs is 1. The topological polar surface area (TPSA) is 29.9 Å². The van der Waals surface area contributed by atoms with E-state index in [0.29, 0.717) is 0 Å². The third-order valence-corrected chi connectivity index (χ3v) is 3.17. The highest BCUT2D eigenvalue weighted by atomic mass is 15.1. The average molecular weight is 201 g/mol. The molecule has 0 atom stereocenters. The van der Waals surface area contributed by atoms with Gasteiger partial charge in [0.2, 0.25) is 0 Å². The van der Waals surface area contributed by atoms with E-state index in [-0.39, 0.29) is 0 Å². The minimum absolute atomic E-state index is 0.779. The fraction of sp³-hybridized carbons (Fsp3) is 0.417. The Bertz CT molecular complexity index is 483. The normalized spacial score (nSPS) is 16.9. The fourth-order valence-electron chi connectivity index (χ4n) is 2.18. The van der Waals surface area contributed by atoms with Crippen molar-refractivity contribution in [2.45, 2.75) is 13.5 Å². The van der Waals surface area contributed by atoms with Crippen molar-refractivity contribution in [1.82, 2.24) is 14.9 Å². The predicted molar refractivity (Wildman–Crippen MR) is 60.8 cm³/mol. The minimum Gasteiger partial charge on any atom is -0.330 e. The molecule has 1 fully saturated rings.